The zero-order valence-corrected chi connectivity index (χ0v) is 10.5. The number of hydrogen-bond acceptors (Lipinski definition) is 3. The number of aryl methyl sites for hydroxylation is 2. The first-order chi connectivity index (χ1) is 8.66. The van der Waals surface area contributed by atoms with Gasteiger partial charge >= 0.3 is 0 Å². The van der Waals surface area contributed by atoms with Crippen LogP contribution in [0.15, 0.2) is 6.20 Å². The van der Waals surface area contributed by atoms with E-state index in [0.29, 0.717) is 19.4 Å². The van der Waals surface area contributed by atoms with Gasteiger partial charge in [0.15, 0.2) is 0 Å². The third-order valence-corrected chi connectivity index (χ3v) is 3.17. The standard InChI is InChI=1S/C12H18N4O2/c1-8-9(7-14-16-8)3-2-6-13-12(18)10-4-5-11(17)15-10/h7,10H,2-6H2,1H3,(H,13,18)(H,14,16)(H,15,17). The van der Waals surface area contributed by atoms with Crippen LogP contribution in [0.5, 0.6) is 0 Å². The fraction of sp³-hybridized carbons (Fsp3) is 0.583. The molecule has 1 atom stereocenters. The van der Waals surface area contributed by atoms with Gasteiger partial charge in [0.1, 0.15) is 6.04 Å². The van der Waals surface area contributed by atoms with E-state index in [4.69, 9.17) is 0 Å². The first-order valence-corrected chi connectivity index (χ1v) is 6.22. The first-order valence-electron chi connectivity index (χ1n) is 6.22. The molecule has 1 aromatic rings. The van der Waals surface area contributed by atoms with Crippen LogP contribution in [0.2, 0.25) is 0 Å². The van der Waals surface area contributed by atoms with Gasteiger partial charge in [-0.1, -0.05) is 0 Å². The summed E-state index contributed by atoms with van der Waals surface area (Å²) in [4.78, 5) is 22.7. The number of rotatable bonds is 5. The molecular formula is C12H18N4O2. The number of nitrogens with one attached hydrogen (secondary N) is 3. The van der Waals surface area contributed by atoms with E-state index >= 15 is 0 Å². The van der Waals surface area contributed by atoms with Gasteiger partial charge in [0.2, 0.25) is 11.8 Å². The van der Waals surface area contributed by atoms with Crippen LogP contribution in [-0.4, -0.2) is 34.6 Å². The Hall–Kier alpha value is -1.85. The van der Waals surface area contributed by atoms with Crippen molar-refractivity contribution < 1.29 is 9.59 Å². The Labute approximate surface area is 106 Å². The van der Waals surface area contributed by atoms with Crippen molar-refractivity contribution >= 4 is 11.8 Å². The summed E-state index contributed by atoms with van der Waals surface area (Å²) < 4.78 is 0. The third-order valence-electron chi connectivity index (χ3n) is 3.17. The molecule has 2 heterocycles. The highest BCUT2D eigenvalue weighted by molar-refractivity contribution is 5.90. The van der Waals surface area contributed by atoms with E-state index < -0.39 is 0 Å². The van der Waals surface area contributed by atoms with Gasteiger partial charge in [-0.15, -0.1) is 0 Å². The highest BCUT2D eigenvalue weighted by Crippen LogP contribution is 2.07. The molecule has 0 aromatic carbocycles. The monoisotopic (exact) mass is 250 g/mol. The van der Waals surface area contributed by atoms with Crippen molar-refractivity contribution in [2.45, 2.75) is 38.6 Å². The van der Waals surface area contributed by atoms with Crippen LogP contribution in [0.1, 0.15) is 30.5 Å². The Morgan fingerprint density at radius 2 is 2.44 bits per heavy atom. The zero-order chi connectivity index (χ0) is 13.0. The SMILES string of the molecule is Cc1[nH]ncc1CCCNC(=O)C1CCC(=O)N1. The number of nitrogens with zero attached hydrogens (tertiary/aromatic N) is 1. The van der Waals surface area contributed by atoms with Gasteiger partial charge in [0.25, 0.3) is 0 Å². The number of aromatic amines is 1. The summed E-state index contributed by atoms with van der Waals surface area (Å²) in [7, 11) is 0. The molecule has 1 aliphatic heterocycles. The second-order valence-corrected chi connectivity index (χ2v) is 4.57. The molecule has 0 bridgehead atoms. The van der Waals surface area contributed by atoms with Crippen LogP contribution in [0.25, 0.3) is 0 Å². The van der Waals surface area contributed by atoms with E-state index in [1.54, 1.807) is 0 Å². The second kappa shape index (κ2) is 5.66. The fourth-order valence-corrected chi connectivity index (χ4v) is 2.05. The summed E-state index contributed by atoms with van der Waals surface area (Å²) in [6.07, 6.45) is 4.62. The smallest absolute Gasteiger partial charge is 0.242 e. The van der Waals surface area contributed by atoms with Gasteiger partial charge in [-0.2, -0.15) is 5.10 Å². The van der Waals surface area contributed by atoms with Crippen molar-refractivity contribution in [3.8, 4) is 0 Å². The van der Waals surface area contributed by atoms with Gasteiger partial charge in [0.05, 0.1) is 6.20 Å². The average Bonchev–Trinajstić information content (AvgIpc) is 2.94. The predicted octanol–water partition coefficient (Wildman–Crippen LogP) is 0.0455. The Bertz CT molecular complexity index is 441. The molecule has 0 aliphatic carbocycles. The first kappa shape index (κ1) is 12.6. The lowest BCUT2D eigenvalue weighted by molar-refractivity contribution is -0.125. The Balaban J connectivity index is 1.65. The van der Waals surface area contributed by atoms with Crippen LogP contribution < -0.4 is 10.6 Å². The van der Waals surface area contributed by atoms with Gasteiger partial charge in [-0.3, -0.25) is 14.7 Å². The molecule has 2 rings (SSSR count). The molecule has 1 saturated heterocycles. The van der Waals surface area contributed by atoms with Crippen molar-refractivity contribution in [3.63, 3.8) is 0 Å². The van der Waals surface area contributed by atoms with Crippen molar-refractivity contribution in [1.29, 1.82) is 0 Å². The normalized spacial score (nSPS) is 18.7. The number of hydrogen-bond donors (Lipinski definition) is 3. The molecule has 98 valence electrons. The molecule has 1 aliphatic rings. The number of H-pyrrole nitrogens is 1. The number of carbonyl (C=O) groups is 2. The molecule has 18 heavy (non-hydrogen) atoms. The van der Waals surface area contributed by atoms with E-state index in [9.17, 15) is 9.59 Å². The Kier molecular flexibility index (Phi) is 3.96. The number of carbonyl (C=O) groups excluding carboxylic acids is 2. The summed E-state index contributed by atoms with van der Waals surface area (Å²) in [5.41, 5.74) is 2.25. The van der Waals surface area contributed by atoms with Crippen LogP contribution in [0.3, 0.4) is 0 Å². The molecule has 1 fully saturated rings. The molecule has 0 saturated carbocycles. The van der Waals surface area contributed by atoms with Crippen molar-refractivity contribution in [2.24, 2.45) is 0 Å². The molecule has 0 radical (unpaired) electrons. The molecule has 6 nitrogen and oxygen atoms in total. The molecule has 0 spiro atoms. The molecule has 1 unspecified atom stereocenters. The minimum Gasteiger partial charge on any atom is -0.354 e. The van der Waals surface area contributed by atoms with E-state index in [0.717, 1.165) is 18.5 Å². The summed E-state index contributed by atoms with van der Waals surface area (Å²) in [5, 5.41) is 12.3. The lowest BCUT2D eigenvalue weighted by Gasteiger charge is -2.10. The quantitative estimate of drug-likeness (QED) is 0.645. The predicted molar refractivity (Wildman–Crippen MR) is 65.8 cm³/mol. The maximum absolute atomic E-state index is 11.7. The molecule has 1 aromatic heterocycles. The summed E-state index contributed by atoms with van der Waals surface area (Å²) >= 11 is 0. The summed E-state index contributed by atoms with van der Waals surface area (Å²) in [6, 6.07) is -0.340. The third kappa shape index (κ3) is 3.09. The number of aromatic nitrogens is 2. The van der Waals surface area contributed by atoms with Gasteiger partial charge < -0.3 is 10.6 Å². The van der Waals surface area contributed by atoms with Gasteiger partial charge in [-0.25, -0.2) is 0 Å². The largest absolute Gasteiger partial charge is 0.354 e. The lowest BCUT2D eigenvalue weighted by atomic mass is 10.1. The van der Waals surface area contributed by atoms with E-state index in [-0.39, 0.29) is 17.9 Å². The summed E-state index contributed by atoms with van der Waals surface area (Å²) in [6.45, 7) is 2.60. The molecule has 2 amide bonds. The van der Waals surface area contributed by atoms with Gasteiger partial charge in [-0.05, 0) is 31.7 Å². The zero-order valence-electron chi connectivity index (χ0n) is 10.5. The second-order valence-electron chi connectivity index (χ2n) is 4.57. The van der Waals surface area contributed by atoms with Crippen LogP contribution >= 0.6 is 0 Å². The Morgan fingerprint density at radius 1 is 1.61 bits per heavy atom. The fourth-order valence-electron chi connectivity index (χ4n) is 2.05. The van der Waals surface area contributed by atoms with E-state index in [1.807, 2.05) is 13.1 Å². The molecular weight excluding hydrogens is 232 g/mol. The number of amides is 2. The lowest BCUT2D eigenvalue weighted by Crippen LogP contribution is -2.41. The highest BCUT2D eigenvalue weighted by atomic mass is 16.2. The topological polar surface area (TPSA) is 86.9 Å². The molecule has 6 heteroatoms. The minimum absolute atomic E-state index is 0.0378. The maximum atomic E-state index is 11.7. The van der Waals surface area contributed by atoms with E-state index in [1.165, 1.54) is 5.56 Å². The average molecular weight is 250 g/mol. The van der Waals surface area contributed by atoms with Crippen molar-refractivity contribution in [3.05, 3.63) is 17.5 Å². The summed E-state index contributed by atoms with van der Waals surface area (Å²) in [5.74, 6) is -0.117. The molecule has 3 N–H and O–H groups in total. The van der Waals surface area contributed by atoms with Crippen LogP contribution in [0.4, 0.5) is 0 Å². The van der Waals surface area contributed by atoms with Crippen molar-refractivity contribution in [1.82, 2.24) is 20.8 Å². The van der Waals surface area contributed by atoms with Crippen LogP contribution in [-0.2, 0) is 16.0 Å². The van der Waals surface area contributed by atoms with Crippen LogP contribution in [0, 0.1) is 6.92 Å². The maximum Gasteiger partial charge on any atom is 0.242 e. The highest BCUT2D eigenvalue weighted by Gasteiger charge is 2.26. The van der Waals surface area contributed by atoms with E-state index in [2.05, 4.69) is 20.8 Å². The van der Waals surface area contributed by atoms with Crippen molar-refractivity contribution in [2.75, 3.05) is 6.54 Å². The Morgan fingerprint density at radius 3 is 3.06 bits per heavy atom. The van der Waals surface area contributed by atoms with Gasteiger partial charge in [0, 0.05) is 18.7 Å². The minimum atomic E-state index is -0.340.